The molecule has 0 spiro atoms. The van der Waals surface area contributed by atoms with E-state index in [9.17, 15) is 9.59 Å². The van der Waals surface area contributed by atoms with Gasteiger partial charge in [0.05, 0.1) is 0 Å². The molecule has 1 aromatic carbocycles. The predicted molar refractivity (Wildman–Crippen MR) is 112 cm³/mol. The summed E-state index contributed by atoms with van der Waals surface area (Å²) in [5.41, 5.74) is 0.779. The van der Waals surface area contributed by atoms with E-state index in [1.807, 2.05) is 45.0 Å². The van der Waals surface area contributed by atoms with Crippen LogP contribution in [0.1, 0.15) is 31.3 Å². The maximum absolute atomic E-state index is 12.2. The zero-order chi connectivity index (χ0) is 21.7. The van der Waals surface area contributed by atoms with Crippen LogP contribution < -0.4 is 15.0 Å². The van der Waals surface area contributed by atoms with Gasteiger partial charge >= 0.3 is 12.1 Å². The minimum Gasteiger partial charge on any atom is -0.444 e. The Morgan fingerprint density at radius 1 is 1.03 bits per heavy atom. The van der Waals surface area contributed by atoms with Gasteiger partial charge in [0.25, 0.3) is 5.91 Å². The molecule has 1 N–H and O–H groups in total. The summed E-state index contributed by atoms with van der Waals surface area (Å²) in [7, 11) is 1.54. The minimum absolute atomic E-state index is 0.106. The van der Waals surface area contributed by atoms with Crippen LogP contribution in [0.15, 0.2) is 36.5 Å². The molecule has 0 saturated carbocycles. The standard InChI is InChI=1S/C21H27N5O4/c1-21(2,3)30-20(28)26-13-11-25(12-14-26)15-5-7-16(8-6-15)29-19-23-10-9-17(24-19)18(27)22-4/h5-10H,11-14H2,1-4H3,(H,22,27). The number of carbonyl (C=O) groups is 2. The second-order valence-corrected chi connectivity index (χ2v) is 7.85. The lowest BCUT2D eigenvalue weighted by Gasteiger charge is -2.36. The van der Waals surface area contributed by atoms with Crippen LogP contribution in [0.3, 0.4) is 0 Å². The van der Waals surface area contributed by atoms with E-state index < -0.39 is 5.60 Å². The Kier molecular flexibility index (Phi) is 6.39. The molecule has 3 rings (SSSR count). The molecule has 0 bridgehead atoms. The monoisotopic (exact) mass is 413 g/mol. The van der Waals surface area contributed by atoms with E-state index >= 15 is 0 Å². The molecule has 2 aromatic rings. The van der Waals surface area contributed by atoms with Crippen LogP contribution >= 0.6 is 0 Å². The SMILES string of the molecule is CNC(=O)c1ccnc(Oc2ccc(N3CCN(C(=O)OC(C)(C)C)CC3)cc2)n1. The van der Waals surface area contributed by atoms with Crippen molar-refractivity contribution in [2.75, 3.05) is 38.1 Å². The van der Waals surface area contributed by atoms with Crippen LogP contribution in [0, 0.1) is 0 Å². The fourth-order valence-corrected chi connectivity index (χ4v) is 2.95. The number of amides is 2. The number of hydrogen-bond donors (Lipinski definition) is 1. The van der Waals surface area contributed by atoms with Gasteiger partial charge in [-0.2, -0.15) is 4.98 Å². The minimum atomic E-state index is -0.492. The van der Waals surface area contributed by atoms with Gasteiger partial charge in [-0.15, -0.1) is 0 Å². The Hall–Kier alpha value is -3.36. The first-order valence-electron chi connectivity index (χ1n) is 9.81. The summed E-state index contributed by atoms with van der Waals surface area (Å²) >= 11 is 0. The molecule has 1 aliphatic rings. The molecule has 160 valence electrons. The summed E-state index contributed by atoms with van der Waals surface area (Å²) < 4.78 is 11.1. The van der Waals surface area contributed by atoms with Gasteiger partial charge in [-0.3, -0.25) is 4.79 Å². The molecule has 0 radical (unpaired) electrons. The van der Waals surface area contributed by atoms with Gasteiger partial charge in [0.1, 0.15) is 17.0 Å². The highest BCUT2D eigenvalue weighted by molar-refractivity contribution is 5.91. The highest BCUT2D eigenvalue weighted by atomic mass is 16.6. The number of rotatable bonds is 4. The number of piperazine rings is 1. The zero-order valence-electron chi connectivity index (χ0n) is 17.7. The summed E-state index contributed by atoms with van der Waals surface area (Å²) in [6.45, 7) is 8.24. The number of anilines is 1. The molecular formula is C21H27N5O4. The second-order valence-electron chi connectivity index (χ2n) is 7.85. The van der Waals surface area contributed by atoms with Crippen molar-refractivity contribution in [3.63, 3.8) is 0 Å². The zero-order valence-corrected chi connectivity index (χ0v) is 17.7. The Morgan fingerprint density at radius 3 is 2.30 bits per heavy atom. The molecule has 0 unspecified atom stereocenters. The van der Waals surface area contributed by atoms with E-state index in [0.29, 0.717) is 18.8 Å². The first-order valence-corrected chi connectivity index (χ1v) is 9.81. The Morgan fingerprint density at radius 2 is 1.70 bits per heavy atom. The Bertz CT molecular complexity index is 887. The first-order chi connectivity index (χ1) is 14.2. The summed E-state index contributed by atoms with van der Waals surface area (Å²) in [5, 5.41) is 2.51. The number of aromatic nitrogens is 2. The summed E-state index contributed by atoms with van der Waals surface area (Å²) in [4.78, 5) is 35.9. The highest BCUT2D eigenvalue weighted by Gasteiger charge is 2.26. The van der Waals surface area contributed by atoms with E-state index in [1.165, 1.54) is 19.3 Å². The molecule has 30 heavy (non-hydrogen) atoms. The van der Waals surface area contributed by atoms with Gasteiger partial charge in [0.15, 0.2) is 0 Å². The van der Waals surface area contributed by atoms with Gasteiger partial charge in [-0.1, -0.05) is 0 Å². The number of nitrogens with zero attached hydrogens (tertiary/aromatic N) is 4. The van der Waals surface area contributed by atoms with Gasteiger partial charge < -0.3 is 24.6 Å². The maximum Gasteiger partial charge on any atom is 0.410 e. The lowest BCUT2D eigenvalue weighted by atomic mass is 10.2. The van der Waals surface area contributed by atoms with Crippen LogP contribution in [-0.4, -0.2) is 65.7 Å². The molecule has 9 nitrogen and oxygen atoms in total. The first kappa shape index (κ1) is 21.4. The third-order valence-corrected chi connectivity index (χ3v) is 4.44. The molecule has 1 fully saturated rings. The molecule has 2 amide bonds. The molecule has 0 aliphatic carbocycles. The van der Waals surface area contributed by atoms with Gasteiger partial charge in [0.2, 0.25) is 0 Å². The molecule has 0 atom stereocenters. The summed E-state index contributed by atoms with van der Waals surface area (Å²) in [6.07, 6.45) is 1.20. The van der Waals surface area contributed by atoms with Crippen molar-refractivity contribution in [2.24, 2.45) is 0 Å². The fourth-order valence-electron chi connectivity index (χ4n) is 2.95. The van der Waals surface area contributed by atoms with Crippen LogP contribution in [0.2, 0.25) is 0 Å². The molecular weight excluding hydrogens is 386 g/mol. The lowest BCUT2D eigenvalue weighted by Crippen LogP contribution is -2.50. The van der Waals surface area contributed by atoms with Crippen molar-refractivity contribution >= 4 is 17.7 Å². The fraction of sp³-hybridized carbons (Fsp3) is 0.429. The van der Waals surface area contributed by atoms with Crippen molar-refractivity contribution in [3.05, 3.63) is 42.2 Å². The third-order valence-electron chi connectivity index (χ3n) is 4.44. The quantitative estimate of drug-likeness (QED) is 0.823. The van der Waals surface area contributed by atoms with Gasteiger partial charge in [-0.05, 0) is 51.1 Å². The van der Waals surface area contributed by atoms with Crippen LogP contribution in [0.5, 0.6) is 11.8 Å². The summed E-state index contributed by atoms with van der Waals surface area (Å²) in [6, 6.07) is 9.17. The number of nitrogens with one attached hydrogen (secondary N) is 1. The highest BCUT2D eigenvalue weighted by Crippen LogP contribution is 2.24. The average molecular weight is 413 g/mol. The molecule has 1 saturated heterocycles. The predicted octanol–water partition coefficient (Wildman–Crippen LogP) is 2.69. The molecule has 1 aliphatic heterocycles. The Labute approximate surface area is 176 Å². The van der Waals surface area contributed by atoms with E-state index in [2.05, 4.69) is 20.2 Å². The molecule has 1 aromatic heterocycles. The topological polar surface area (TPSA) is 96.9 Å². The number of benzene rings is 1. The van der Waals surface area contributed by atoms with Crippen LogP contribution in [0.4, 0.5) is 10.5 Å². The van der Waals surface area contributed by atoms with Crippen molar-refractivity contribution in [3.8, 4) is 11.8 Å². The number of ether oxygens (including phenoxy) is 2. The van der Waals surface area contributed by atoms with Gasteiger partial charge in [0, 0.05) is 45.1 Å². The number of hydrogen-bond acceptors (Lipinski definition) is 7. The largest absolute Gasteiger partial charge is 0.444 e. The van der Waals surface area contributed by atoms with Crippen LogP contribution in [-0.2, 0) is 4.74 Å². The van der Waals surface area contributed by atoms with E-state index in [1.54, 1.807) is 4.90 Å². The normalized spacial score (nSPS) is 14.3. The molecule has 2 heterocycles. The third kappa shape index (κ3) is 5.59. The molecule has 9 heteroatoms. The maximum atomic E-state index is 12.2. The lowest BCUT2D eigenvalue weighted by molar-refractivity contribution is 0.0240. The van der Waals surface area contributed by atoms with Crippen molar-refractivity contribution < 1.29 is 19.1 Å². The Balaban J connectivity index is 1.57. The van der Waals surface area contributed by atoms with Crippen molar-refractivity contribution in [2.45, 2.75) is 26.4 Å². The smallest absolute Gasteiger partial charge is 0.410 e. The van der Waals surface area contributed by atoms with E-state index in [4.69, 9.17) is 9.47 Å². The van der Waals surface area contributed by atoms with E-state index in [-0.39, 0.29) is 23.7 Å². The van der Waals surface area contributed by atoms with Crippen molar-refractivity contribution in [1.29, 1.82) is 0 Å². The number of carbonyl (C=O) groups excluding carboxylic acids is 2. The van der Waals surface area contributed by atoms with Crippen LogP contribution in [0.25, 0.3) is 0 Å². The second kappa shape index (κ2) is 8.98. The van der Waals surface area contributed by atoms with Gasteiger partial charge in [-0.25, -0.2) is 9.78 Å². The average Bonchev–Trinajstić information content (AvgIpc) is 2.73. The summed E-state index contributed by atoms with van der Waals surface area (Å²) in [5.74, 6) is 0.267. The van der Waals surface area contributed by atoms with E-state index in [0.717, 1.165) is 18.8 Å². The van der Waals surface area contributed by atoms with Crippen molar-refractivity contribution in [1.82, 2.24) is 20.2 Å².